The molecule has 0 unspecified atom stereocenters. The minimum absolute atomic E-state index is 0.0843. The van der Waals surface area contributed by atoms with E-state index in [1.165, 1.54) is 6.33 Å². The van der Waals surface area contributed by atoms with E-state index in [2.05, 4.69) is 26.4 Å². The zero-order valence-corrected chi connectivity index (χ0v) is 14.6. The molecule has 0 aliphatic heterocycles. The highest BCUT2D eigenvalue weighted by atomic mass is 35.5. The molecule has 0 saturated heterocycles. The van der Waals surface area contributed by atoms with Gasteiger partial charge in [-0.15, -0.1) is 0 Å². The van der Waals surface area contributed by atoms with Crippen molar-refractivity contribution >= 4 is 34.1 Å². The molecule has 0 aliphatic carbocycles. The van der Waals surface area contributed by atoms with Crippen LogP contribution in [0.3, 0.4) is 0 Å². The first kappa shape index (κ1) is 16.4. The van der Waals surface area contributed by atoms with Crippen molar-refractivity contribution in [2.24, 2.45) is 0 Å². The van der Waals surface area contributed by atoms with Gasteiger partial charge in [-0.2, -0.15) is 5.10 Å². The number of carbonyl (C=O) groups excluding carboxylic acids is 1. The fraction of sp³-hybridized carbons (Fsp3) is 0.105. The number of carbonyl (C=O) groups is 1. The number of para-hydroxylation sites is 1. The second-order valence-corrected chi connectivity index (χ2v) is 6.35. The van der Waals surface area contributed by atoms with Gasteiger partial charge < -0.3 is 10.3 Å². The molecule has 2 N–H and O–H groups in total. The van der Waals surface area contributed by atoms with Crippen LogP contribution in [-0.2, 0) is 11.2 Å². The first-order chi connectivity index (χ1) is 12.7. The highest BCUT2D eigenvalue weighted by Crippen LogP contribution is 2.24. The first-order valence-corrected chi connectivity index (χ1v) is 8.58. The summed E-state index contributed by atoms with van der Waals surface area (Å²) in [5.41, 5.74) is 3.52. The summed E-state index contributed by atoms with van der Waals surface area (Å²) < 4.78 is 1.59. The number of hydrogen-bond donors (Lipinski definition) is 2. The summed E-state index contributed by atoms with van der Waals surface area (Å²) in [4.78, 5) is 19.6. The average Bonchev–Trinajstić information content (AvgIpc) is 3.30. The van der Waals surface area contributed by atoms with E-state index in [0.29, 0.717) is 29.2 Å². The summed E-state index contributed by atoms with van der Waals surface area (Å²) in [6, 6.07) is 13.3. The summed E-state index contributed by atoms with van der Waals surface area (Å²) >= 11 is 6.08. The van der Waals surface area contributed by atoms with Crippen LogP contribution in [0.15, 0.2) is 61.3 Å². The van der Waals surface area contributed by atoms with Crippen LogP contribution in [0.2, 0.25) is 5.02 Å². The third kappa shape index (κ3) is 3.32. The predicted molar refractivity (Wildman–Crippen MR) is 102 cm³/mol. The number of aromatic nitrogens is 4. The van der Waals surface area contributed by atoms with Gasteiger partial charge in [0, 0.05) is 28.5 Å². The van der Waals surface area contributed by atoms with E-state index in [-0.39, 0.29) is 5.91 Å². The number of rotatable bonds is 5. The molecule has 130 valence electrons. The van der Waals surface area contributed by atoms with E-state index in [9.17, 15) is 4.79 Å². The Bertz CT molecular complexity index is 1050. The molecule has 0 spiro atoms. The monoisotopic (exact) mass is 365 g/mol. The Morgan fingerprint density at radius 1 is 1.23 bits per heavy atom. The molecule has 4 rings (SSSR count). The zero-order valence-electron chi connectivity index (χ0n) is 13.8. The Morgan fingerprint density at radius 2 is 2.12 bits per heavy atom. The SMILES string of the molecule is O=C(CCc1c[nH]c2ccccc12)Nc1cc(Cl)ccc1-n1cncn1. The summed E-state index contributed by atoms with van der Waals surface area (Å²) in [6.07, 6.45) is 5.99. The van der Waals surface area contributed by atoms with Crippen LogP contribution in [-0.4, -0.2) is 25.7 Å². The number of fused-ring (bicyclic) bond motifs is 1. The molecule has 0 aliphatic rings. The van der Waals surface area contributed by atoms with Crippen LogP contribution >= 0.6 is 11.6 Å². The van der Waals surface area contributed by atoms with Gasteiger partial charge in [0.15, 0.2) is 0 Å². The predicted octanol–water partition coefficient (Wildman–Crippen LogP) is 3.97. The van der Waals surface area contributed by atoms with Gasteiger partial charge in [-0.1, -0.05) is 29.8 Å². The molecular weight excluding hydrogens is 350 g/mol. The minimum Gasteiger partial charge on any atom is -0.361 e. The van der Waals surface area contributed by atoms with Crippen molar-refractivity contribution in [1.29, 1.82) is 0 Å². The van der Waals surface area contributed by atoms with Crippen molar-refractivity contribution in [1.82, 2.24) is 19.7 Å². The lowest BCUT2D eigenvalue weighted by molar-refractivity contribution is -0.116. The molecular formula is C19H16ClN5O. The van der Waals surface area contributed by atoms with Crippen LogP contribution in [0.1, 0.15) is 12.0 Å². The normalized spacial score (nSPS) is 11.0. The third-order valence-corrected chi connectivity index (χ3v) is 4.43. The Balaban J connectivity index is 1.49. The molecule has 0 fully saturated rings. The van der Waals surface area contributed by atoms with Crippen LogP contribution in [0, 0.1) is 0 Å². The maximum absolute atomic E-state index is 12.5. The first-order valence-electron chi connectivity index (χ1n) is 8.20. The minimum atomic E-state index is -0.0843. The Hall–Kier alpha value is -3.12. The van der Waals surface area contributed by atoms with Gasteiger partial charge in [-0.05, 0) is 36.2 Å². The van der Waals surface area contributed by atoms with Crippen molar-refractivity contribution in [2.75, 3.05) is 5.32 Å². The van der Waals surface area contributed by atoms with Gasteiger partial charge in [0.1, 0.15) is 12.7 Å². The highest BCUT2D eigenvalue weighted by Gasteiger charge is 2.11. The average molecular weight is 366 g/mol. The largest absolute Gasteiger partial charge is 0.361 e. The molecule has 6 nitrogen and oxygen atoms in total. The smallest absolute Gasteiger partial charge is 0.224 e. The molecule has 0 saturated carbocycles. The summed E-state index contributed by atoms with van der Waals surface area (Å²) in [6.45, 7) is 0. The molecule has 7 heteroatoms. The van der Waals surface area contributed by atoms with Crippen LogP contribution in [0.4, 0.5) is 5.69 Å². The number of benzene rings is 2. The standard InChI is InChI=1S/C19H16ClN5O/c20-14-6-7-18(25-12-21-11-23-25)17(9-14)24-19(26)8-5-13-10-22-16-4-2-1-3-15(13)16/h1-4,6-7,9-12,22H,5,8H2,(H,24,26). The molecule has 0 radical (unpaired) electrons. The number of nitrogens with one attached hydrogen (secondary N) is 2. The number of nitrogens with zero attached hydrogens (tertiary/aromatic N) is 3. The number of aromatic amines is 1. The molecule has 2 aromatic heterocycles. The van der Waals surface area contributed by atoms with Crippen molar-refractivity contribution in [3.05, 3.63) is 71.9 Å². The number of hydrogen-bond acceptors (Lipinski definition) is 3. The van der Waals surface area contributed by atoms with Gasteiger partial charge in [-0.3, -0.25) is 4.79 Å². The number of anilines is 1. The van der Waals surface area contributed by atoms with Crippen molar-refractivity contribution in [3.63, 3.8) is 0 Å². The fourth-order valence-electron chi connectivity index (χ4n) is 2.94. The number of halogens is 1. The Labute approximate surface area is 154 Å². The van der Waals surface area contributed by atoms with E-state index in [1.54, 1.807) is 29.2 Å². The lowest BCUT2D eigenvalue weighted by atomic mass is 10.1. The third-order valence-electron chi connectivity index (χ3n) is 4.19. The Morgan fingerprint density at radius 3 is 2.96 bits per heavy atom. The molecule has 1 amide bonds. The van der Waals surface area contributed by atoms with E-state index < -0.39 is 0 Å². The quantitative estimate of drug-likeness (QED) is 0.561. The zero-order chi connectivity index (χ0) is 17.9. The second-order valence-electron chi connectivity index (χ2n) is 5.91. The molecule has 2 aromatic carbocycles. The van der Waals surface area contributed by atoms with E-state index in [4.69, 9.17) is 11.6 Å². The van der Waals surface area contributed by atoms with Crippen LogP contribution in [0.25, 0.3) is 16.6 Å². The summed E-state index contributed by atoms with van der Waals surface area (Å²) in [7, 11) is 0. The molecule has 4 aromatic rings. The maximum atomic E-state index is 12.5. The van der Waals surface area contributed by atoms with E-state index in [0.717, 1.165) is 16.5 Å². The lowest BCUT2D eigenvalue weighted by Crippen LogP contribution is -2.14. The fourth-order valence-corrected chi connectivity index (χ4v) is 3.11. The second kappa shape index (κ2) is 7.01. The number of amides is 1. The topological polar surface area (TPSA) is 75.6 Å². The van der Waals surface area contributed by atoms with Gasteiger partial charge in [0.25, 0.3) is 0 Å². The van der Waals surface area contributed by atoms with E-state index >= 15 is 0 Å². The van der Waals surface area contributed by atoms with Gasteiger partial charge in [-0.25, -0.2) is 9.67 Å². The highest BCUT2D eigenvalue weighted by molar-refractivity contribution is 6.31. The van der Waals surface area contributed by atoms with Gasteiger partial charge in [0.2, 0.25) is 5.91 Å². The number of H-pyrrole nitrogens is 1. The summed E-state index contributed by atoms with van der Waals surface area (Å²) in [5, 5.41) is 8.73. The van der Waals surface area contributed by atoms with Crippen molar-refractivity contribution in [2.45, 2.75) is 12.8 Å². The molecule has 2 heterocycles. The van der Waals surface area contributed by atoms with Gasteiger partial charge in [0.05, 0.1) is 11.4 Å². The van der Waals surface area contributed by atoms with E-state index in [1.807, 2.05) is 24.4 Å². The number of aryl methyl sites for hydroxylation is 1. The Kier molecular flexibility index (Phi) is 4.41. The van der Waals surface area contributed by atoms with Crippen molar-refractivity contribution in [3.8, 4) is 5.69 Å². The van der Waals surface area contributed by atoms with Crippen molar-refractivity contribution < 1.29 is 4.79 Å². The maximum Gasteiger partial charge on any atom is 0.224 e. The molecule has 26 heavy (non-hydrogen) atoms. The van der Waals surface area contributed by atoms with Gasteiger partial charge >= 0.3 is 0 Å². The molecule has 0 bridgehead atoms. The van der Waals surface area contributed by atoms with Crippen LogP contribution in [0.5, 0.6) is 0 Å². The lowest BCUT2D eigenvalue weighted by Gasteiger charge is -2.11. The van der Waals surface area contributed by atoms with Crippen LogP contribution < -0.4 is 5.32 Å². The summed E-state index contributed by atoms with van der Waals surface area (Å²) in [5.74, 6) is -0.0843. The molecule has 0 atom stereocenters.